The van der Waals surface area contributed by atoms with Gasteiger partial charge in [0.25, 0.3) is 0 Å². The molecule has 0 amide bonds. The number of ether oxygens (including phenoxy) is 1. The fourth-order valence-electron chi connectivity index (χ4n) is 2.14. The summed E-state index contributed by atoms with van der Waals surface area (Å²) >= 11 is 0. The summed E-state index contributed by atoms with van der Waals surface area (Å²) in [6.07, 6.45) is 0.797. The van der Waals surface area contributed by atoms with Crippen LogP contribution in [0, 0.1) is 29.2 Å². The van der Waals surface area contributed by atoms with E-state index in [0.29, 0.717) is 25.7 Å². The van der Waals surface area contributed by atoms with E-state index in [2.05, 4.69) is 4.74 Å². The molecule has 3 nitrogen and oxygen atoms in total. The van der Waals surface area contributed by atoms with Gasteiger partial charge in [-0.05, 0) is 25.7 Å². The van der Waals surface area contributed by atoms with Crippen molar-refractivity contribution in [2.45, 2.75) is 31.8 Å². The number of hydrogen-bond acceptors (Lipinski definition) is 3. The highest BCUT2D eigenvalue weighted by Crippen LogP contribution is 2.30. The first-order chi connectivity index (χ1) is 9.40. The van der Waals surface area contributed by atoms with Crippen molar-refractivity contribution < 1.29 is 32.2 Å². The van der Waals surface area contributed by atoms with E-state index >= 15 is 0 Å². The van der Waals surface area contributed by atoms with Crippen LogP contribution in [-0.2, 0) is 4.79 Å². The van der Waals surface area contributed by atoms with Gasteiger partial charge in [-0.25, -0.2) is 8.78 Å². The van der Waals surface area contributed by atoms with Gasteiger partial charge < -0.3 is 9.84 Å². The number of rotatable bonds is 2. The Morgan fingerprint density at radius 1 is 1.05 bits per heavy atom. The van der Waals surface area contributed by atoms with Crippen LogP contribution in [0.25, 0.3) is 0 Å². The number of carbonyl (C=O) groups is 1. The summed E-state index contributed by atoms with van der Waals surface area (Å²) in [6.45, 7) is 0. The summed E-state index contributed by atoms with van der Waals surface area (Å²) in [5.41, 5.74) is 0. The Morgan fingerprint density at radius 3 is 2.05 bits per heavy atom. The molecule has 1 N–H and O–H groups in total. The van der Waals surface area contributed by atoms with Crippen LogP contribution in [0.2, 0.25) is 0 Å². The molecule has 0 bridgehead atoms. The van der Waals surface area contributed by atoms with Crippen LogP contribution >= 0.6 is 0 Å². The van der Waals surface area contributed by atoms with Gasteiger partial charge in [0.1, 0.15) is 0 Å². The zero-order valence-electron chi connectivity index (χ0n) is 10.3. The van der Waals surface area contributed by atoms with Gasteiger partial charge in [-0.1, -0.05) is 0 Å². The zero-order valence-corrected chi connectivity index (χ0v) is 10.3. The Balaban J connectivity index is 2.16. The van der Waals surface area contributed by atoms with E-state index in [0.717, 1.165) is 0 Å². The quantitative estimate of drug-likeness (QED) is 0.394. The van der Waals surface area contributed by atoms with Gasteiger partial charge in [0.15, 0.2) is 11.6 Å². The fraction of sp³-hybridized carbons (Fsp3) is 0.462. The summed E-state index contributed by atoms with van der Waals surface area (Å²) in [5, 5.41) is 9.29. The van der Waals surface area contributed by atoms with Crippen LogP contribution in [0.5, 0.6) is 5.75 Å². The second kappa shape index (κ2) is 5.78. The Labute approximate surface area is 112 Å². The maximum atomic E-state index is 13.3. The normalized spacial score (nSPS) is 22.6. The molecule has 1 aromatic rings. The van der Waals surface area contributed by atoms with E-state index in [1.165, 1.54) is 0 Å². The molecule has 1 aliphatic rings. The van der Waals surface area contributed by atoms with E-state index in [1.54, 1.807) is 0 Å². The molecule has 110 valence electrons. The number of aliphatic hydroxyl groups excluding tert-OH is 1. The third-order valence-electron chi connectivity index (χ3n) is 3.30. The average molecular weight is 292 g/mol. The van der Waals surface area contributed by atoms with Crippen molar-refractivity contribution in [2.75, 3.05) is 0 Å². The van der Waals surface area contributed by atoms with E-state index in [1.807, 2.05) is 0 Å². The van der Waals surface area contributed by atoms with Crippen molar-refractivity contribution in [3.05, 3.63) is 29.3 Å². The summed E-state index contributed by atoms with van der Waals surface area (Å²) < 4.78 is 57.0. The van der Waals surface area contributed by atoms with Crippen LogP contribution < -0.4 is 4.74 Å². The van der Waals surface area contributed by atoms with Gasteiger partial charge in [0.05, 0.1) is 12.0 Å². The first kappa shape index (κ1) is 14.8. The number of aliphatic hydroxyl groups is 1. The highest BCUT2D eigenvalue weighted by atomic mass is 19.2. The summed E-state index contributed by atoms with van der Waals surface area (Å²) in [4.78, 5) is 11.7. The van der Waals surface area contributed by atoms with Crippen LogP contribution in [0.3, 0.4) is 0 Å². The first-order valence-corrected chi connectivity index (χ1v) is 6.13. The smallest absolute Gasteiger partial charge is 0.314 e. The predicted molar refractivity (Wildman–Crippen MR) is 59.9 cm³/mol. The van der Waals surface area contributed by atoms with E-state index in [4.69, 9.17) is 0 Å². The Bertz CT molecular complexity index is 499. The second-order valence-corrected chi connectivity index (χ2v) is 4.72. The summed E-state index contributed by atoms with van der Waals surface area (Å²) in [5.74, 6) is -9.72. The molecule has 1 fully saturated rings. The molecule has 20 heavy (non-hydrogen) atoms. The fourth-order valence-corrected chi connectivity index (χ4v) is 2.14. The first-order valence-electron chi connectivity index (χ1n) is 6.13. The molecule has 0 saturated heterocycles. The predicted octanol–water partition coefficient (Wildman–Crippen LogP) is 2.70. The van der Waals surface area contributed by atoms with Crippen molar-refractivity contribution in [3.8, 4) is 5.75 Å². The van der Waals surface area contributed by atoms with Gasteiger partial charge in [-0.3, -0.25) is 4.79 Å². The van der Waals surface area contributed by atoms with Gasteiger partial charge in [-0.15, -0.1) is 0 Å². The number of benzene rings is 1. The maximum Gasteiger partial charge on any atom is 0.314 e. The standard InChI is InChI=1S/C13H12F4O3/c14-8-5-9(15)11(17)12(10(8)16)20-13(19)6-1-3-7(18)4-2-6/h5-7,18H,1-4H2. The van der Waals surface area contributed by atoms with Crippen molar-refractivity contribution in [1.29, 1.82) is 0 Å². The van der Waals surface area contributed by atoms with Crippen LogP contribution in [-0.4, -0.2) is 17.2 Å². The van der Waals surface area contributed by atoms with Crippen molar-refractivity contribution in [2.24, 2.45) is 5.92 Å². The molecule has 7 heteroatoms. The maximum absolute atomic E-state index is 13.3. The topological polar surface area (TPSA) is 46.5 Å². The molecule has 1 aliphatic carbocycles. The Hall–Kier alpha value is -1.63. The lowest BCUT2D eigenvalue weighted by atomic mass is 9.87. The Morgan fingerprint density at radius 2 is 1.55 bits per heavy atom. The molecule has 2 rings (SSSR count). The average Bonchev–Trinajstić information content (AvgIpc) is 2.42. The second-order valence-electron chi connectivity index (χ2n) is 4.72. The molecule has 1 aromatic carbocycles. The third kappa shape index (κ3) is 2.92. The minimum Gasteiger partial charge on any atom is -0.420 e. The van der Waals surface area contributed by atoms with Crippen LogP contribution in [0.15, 0.2) is 6.07 Å². The Kier molecular flexibility index (Phi) is 4.27. The van der Waals surface area contributed by atoms with Crippen LogP contribution in [0.4, 0.5) is 17.6 Å². The monoisotopic (exact) mass is 292 g/mol. The lowest BCUT2D eigenvalue weighted by Gasteiger charge is -2.23. The number of esters is 1. The van der Waals surface area contributed by atoms with E-state index in [-0.39, 0.29) is 6.07 Å². The zero-order chi connectivity index (χ0) is 14.9. The van der Waals surface area contributed by atoms with Gasteiger partial charge in [-0.2, -0.15) is 8.78 Å². The van der Waals surface area contributed by atoms with Gasteiger partial charge >= 0.3 is 5.97 Å². The highest BCUT2D eigenvalue weighted by molar-refractivity contribution is 5.75. The molecule has 0 aromatic heterocycles. The van der Waals surface area contributed by atoms with Crippen molar-refractivity contribution in [1.82, 2.24) is 0 Å². The molecule has 0 radical (unpaired) electrons. The molecular formula is C13H12F4O3. The largest absolute Gasteiger partial charge is 0.420 e. The minimum absolute atomic E-state index is 0.0406. The summed E-state index contributed by atoms with van der Waals surface area (Å²) in [7, 11) is 0. The molecule has 0 heterocycles. The molecule has 0 atom stereocenters. The summed E-state index contributed by atoms with van der Waals surface area (Å²) in [6, 6.07) is 0.0406. The number of halogens is 4. The van der Waals surface area contributed by atoms with Gasteiger partial charge in [0, 0.05) is 6.07 Å². The molecule has 1 saturated carbocycles. The van der Waals surface area contributed by atoms with Crippen LogP contribution in [0.1, 0.15) is 25.7 Å². The number of carbonyl (C=O) groups excluding carboxylic acids is 1. The molecule has 0 spiro atoms. The van der Waals surface area contributed by atoms with Crippen molar-refractivity contribution >= 4 is 5.97 Å². The lowest BCUT2D eigenvalue weighted by Crippen LogP contribution is -2.28. The van der Waals surface area contributed by atoms with Crippen molar-refractivity contribution in [3.63, 3.8) is 0 Å². The molecule has 0 aliphatic heterocycles. The van der Waals surface area contributed by atoms with Gasteiger partial charge in [0.2, 0.25) is 17.4 Å². The van der Waals surface area contributed by atoms with E-state index < -0.39 is 47.0 Å². The minimum atomic E-state index is -1.74. The lowest BCUT2D eigenvalue weighted by molar-refractivity contribution is -0.141. The molecule has 0 unspecified atom stereocenters. The third-order valence-corrected chi connectivity index (χ3v) is 3.30. The highest BCUT2D eigenvalue weighted by Gasteiger charge is 2.30. The van der Waals surface area contributed by atoms with E-state index in [9.17, 15) is 27.5 Å². The SMILES string of the molecule is O=C(Oc1c(F)c(F)cc(F)c1F)C1CCC(O)CC1. The molecular weight excluding hydrogens is 280 g/mol. The number of hydrogen-bond donors (Lipinski definition) is 1.